The molecule has 1 unspecified atom stereocenters. The lowest BCUT2D eigenvalue weighted by atomic mass is 10.2. The normalized spacial score (nSPS) is 13.0. The van der Waals surface area contributed by atoms with Crippen molar-refractivity contribution in [3.63, 3.8) is 0 Å². The van der Waals surface area contributed by atoms with Crippen molar-refractivity contribution in [1.82, 2.24) is 4.72 Å². The van der Waals surface area contributed by atoms with Crippen molar-refractivity contribution in [2.24, 2.45) is 0 Å². The van der Waals surface area contributed by atoms with Crippen LogP contribution in [0.4, 0.5) is 5.69 Å². The highest BCUT2D eigenvalue weighted by molar-refractivity contribution is 7.89. The van der Waals surface area contributed by atoms with Crippen LogP contribution in [0.3, 0.4) is 0 Å². The second kappa shape index (κ2) is 6.97. The van der Waals surface area contributed by atoms with Gasteiger partial charge in [-0.2, -0.15) is 11.3 Å². The Bertz CT molecular complexity index is 744. The fourth-order valence-corrected chi connectivity index (χ4v) is 3.80. The Labute approximate surface area is 131 Å². The second-order valence-electron chi connectivity index (χ2n) is 4.36. The van der Waals surface area contributed by atoms with Gasteiger partial charge in [0.1, 0.15) is 0 Å². The molecule has 1 aromatic carbocycles. The van der Waals surface area contributed by atoms with Crippen molar-refractivity contribution in [1.29, 1.82) is 0 Å². The van der Waals surface area contributed by atoms with Crippen LogP contribution in [0.15, 0.2) is 46.0 Å². The lowest BCUT2D eigenvalue weighted by Crippen LogP contribution is -2.29. The molecule has 0 aliphatic carbocycles. The summed E-state index contributed by atoms with van der Waals surface area (Å²) >= 11 is 1.47. The first-order valence-corrected chi connectivity index (χ1v) is 8.66. The smallest absolute Gasteiger partial charge is 0.289 e. The topological polar surface area (TPSA) is 98.5 Å². The zero-order chi connectivity index (χ0) is 16.2. The summed E-state index contributed by atoms with van der Waals surface area (Å²) in [6.45, 7) is -0.0123. The van der Waals surface area contributed by atoms with E-state index >= 15 is 0 Å². The molecule has 2 aromatic rings. The highest BCUT2D eigenvalue weighted by atomic mass is 32.2. The summed E-state index contributed by atoms with van der Waals surface area (Å²) in [5.74, 6) is 0. The second-order valence-corrected chi connectivity index (χ2v) is 6.87. The van der Waals surface area contributed by atoms with E-state index in [0.29, 0.717) is 0 Å². The predicted molar refractivity (Wildman–Crippen MR) is 82.4 cm³/mol. The number of hydrogen-bond acceptors (Lipinski definition) is 6. The van der Waals surface area contributed by atoms with Gasteiger partial charge in [0.2, 0.25) is 10.0 Å². The number of benzene rings is 1. The van der Waals surface area contributed by atoms with E-state index in [2.05, 4.69) is 4.72 Å². The van der Waals surface area contributed by atoms with Gasteiger partial charge >= 0.3 is 0 Å². The number of para-hydroxylation sites is 1. The van der Waals surface area contributed by atoms with Gasteiger partial charge in [-0.3, -0.25) is 10.1 Å². The average molecular weight is 342 g/mol. The largest absolute Gasteiger partial charge is 0.375 e. The first-order chi connectivity index (χ1) is 10.5. The van der Waals surface area contributed by atoms with Gasteiger partial charge in [0.15, 0.2) is 4.90 Å². The number of nitrogens with one attached hydrogen (secondary N) is 1. The van der Waals surface area contributed by atoms with Crippen molar-refractivity contribution < 1.29 is 18.1 Å². The lowest BCUT2D eigenvalue weighted by molar-refractivity contribution is -0.387. The minimum Gasteiger partial charge on any atom is -0.375 e. The summed E-state index contributed by atoms with van der Waals surface area (Å²) in [4.78, 5) is 9.86. The molecule has 7 nitrogen and oxygen atoms in total. The quantitative estimate of drug-likeness (QED) is 0.615. The van der Waals surface area contributed by atoms with Gasteiger partial charge < -0.3 is 4.74 Å². The Morgan fingerprint density at radius 2 is 2.09 bits per heavy atom. The maximum atomic E-state index is 12.3. The van der Waals surface area contributed by atoms with Gasteiger partial charge in [-0.15, -0.1) is 0 Å². The van der Waals surface area contributed by atoms with Crippen LogP contribution < -0.4 is 4.72 Å². The molecule has 1 N–H and O–H groups in total. The summed E-state index contributed by atoms with van der Waals surface area (Å²) in [5.41, 5.74) is 0.386. The van der Waals surface area contributed by atoms with Crippen LogP contribution in [-0.4, -0.2) is 27.0 Å². The Balaban J connectivity index is 2.20. The molecule has 0 saturated heterocycles. The number of thiophene rings is 1. The van der Waals surface area contributed by atoms with Crippen LogP contribution in [0.2, 0.25) is 0 Å². The third kappa shape index (κ3) is 3.69. The van der Waals surface area contributed by atoms with E-state index in [4.69, 9.17) is 4.74 Å². The Morgan fingerprint density at radius 1 is 1.36 bits per heavy atom. The maximum Gasteiger partial charge on any atom is 0.289 e. The highest BCUT2D eigenvalue weighted by Crippen LogP contribution is 2.24. The van der Waals surface area contributed by atoms with Crippen LogP contribution in [0.1, 0.15) is 11.7 Å². The number of nitro groups is 1. The molecule has 0 saturated carbocycles. The van der Waals surface area contributed by atoms with Gasteiger partial charge in [0.05, 0.1) is 11.0 Å². The van der Waals surface area contributed by atoms with E-state index in [0.717, 1.165) is 11.6 Å². The molecule has 0 aliphatic rings. The standard InChI is InChI=1S/C13H14N2O5S2/c1-20-12(10-6-7-21-9-10)8-14-22(18,19)13-5-3-2-4-11(13)15(16)17/h2-7,9,12,14H,8H2,1H3. The van der Waals surface area contributed by atoms with Gasteiger partial charge in [0, 0.05) is 19.7 Å². The number of rotatable bonds is 7. The van der Waals surface area contributed by atoms with Crippen LogP contribution in [0.5, 0.6) is 0 Å². The van der Waals surface area contributed by atoms with Crippen molar-refractivity contribution in [2.45, 2.75) is 11.0 Å². The van der Waals surface area contributed by atoms with Gasteiger partial charge in [-0.05, 0) is 28.5 Å². The van der Waals surface area contributed by atoms with Crippen LogP contribution in [0, 0.1) is 10.1 Å². The van der Waals surface area contributed by atoms with Crippen LogP contribution in [-0.2, 0) is 14.8 Å². The molecule has 9 heteroatoms. The van der Waals surface area contributed by atoms with E-state index in [9.17, 15) is 18.5 Å². The SMILES string of the molecule is COC(CNS(=O)(=O)c1ccccc1[N+](=O)[O-])c1ccsc1. The van der Waals surface area contributed by atoms with E-state index in [-0.39, 0.29) is 11.4 Å². The zero-order valence-corrected chi connectivity index (χ0v) is 13.3. The molecular formula is C13H14N2O5S2. The predicted octanol–water partition coefficient (Wildman–Crippen LogP) is 2.32. The number of nitro benzene ring substituents is 1. The molecule has 0 spiro atoms. The first-order valence-electron chi connectivity index (χ1n) is 6.23. The fourth-order valence-electron chi connectivity index (χ4n) is 1.89. The van der Waals surface area contributed by atoms with Crippen molar-refractivity contribution >= 4 is 27.0 Å². The Morgan fingerprint density at radius 3 is 2.68 bits per heavy atom. The van der Waals surface area contributed by atoms with Crippen LogP contribution >= 0.6 is 11.3 Å². The molecule has 22 heavy (non-hydrogen) atoms. The number of methoxy groups -OCH3 is 1. The van der Waals surface area contributed by atoms with Crippen molar-refractivity contribution in [3.8, 4) is 0 Å². The molecule has 1 heterocycles. The summed E-state index contributed by atoms with van der Waals surface area (Å²) < 4.78 is 32.2. The van der Waals surface area contributed by atoms with E-state index in [1.54, 1.807) is 0 Å². The van der Waals surface area contributed by atoms with Crippen molar-refractivity contribution in [2.75, 3.05) is 13.7 Å². The van der Waals surface area contributed by atoms with Crippen molar-refractivity contribution in [3.05, 3.63) is 56.8 Å². The molecule has 2 rings (SSSR count). The van der Waals surface area contributed by atoms with Crippen LogP contribution in [0.25, 0.3) is 0 Å². The highest BCUT2D eigenvalue weighted by Gasteiger charge is 2.26. The van der Waals surface area contributed by atoms with E-state index in [1.807, 2.05) is 16.8 Å². The molecule has 1 atom stereocenters. The molecule has 0 bridgehead atoms. The molecule has 0 amide bonds. The molecule has 0 radical (unpaired) electrons. The number of sulfonamides is 1. The molecule has 0 aliphatic heterocycles. The summed E-state index contributed by atoms with van der Waals surface area (Å²) in [6, 6.07) is 7.04. The molecule has 118 valence electrons. The van der Waals surface area contributed by atoms with Gasteiger partial charge in [-0.25, -0.2) is 13.1 Å². The minimum absolute atomic E-state index is 0.0123. The number of ether oxygens (including phenoxy) is 1. The third-order valence-corrected chi connectivity index (χ3v) is 5.18. The van der Waals surface area contributed by atoms with E-state index < -0.39 is 26.7 Å². The molecule has 0 fully saturated rings. The number of hydrogen-bond donors (Lipinski definition) is 1. The Hall–Kier alpha value is -1.81. The van der Waals surface area contributed by atoms with Gasteiger partial charge in [0.25, 0.3) is 5.69 Å². The monoisotopic (exact) mass is 342 g/mol. The third-order valence-electron chi connectivity index (χ3n) is 3.01. The molecule has 1 aromatic heterocycles. The average Bonchev–Trinajstić information content (AvgIpc) is 3.02. The zero-order valence-electron chi connectivity index (χ0n) is 11.6. The summed E-state index contributed by atoms with van der Waals surface area (Å²) in [6.07, 6.45) is -0.455. The fraction of sp³-hybridized carbons (Fsp3) is 0.231. The van der Waals surface area contributed by atoms with Gasteiger partial charge in [-0.1, -0.05) is 12.1 Å². The summed E-state index contributed by atoms with van der Waals surface area (Å²) in [7, 11) is -2.53. The maximum absolute atomic E-state index is 12.3. The number of nitrogens with zero attached hydrogens (tertiary/aromatic N) is 1. The lowest BCUT2D eigenvalue weighted by Gasteiger charge is -2.15. The first kappa shape index (κ1) is 16.6. The van der Waals surface area contributed by atoms with E-state index in [1.165, 1.54) is 36.6 Å². The Kier molecular flexibility index (Phi) is 5.24. The molecular weight excluding hydrogens is 328 g/mol. The summed E-state index contributed by atoms with van der Waals surface area (Å²) in [5, 5.41) is 14.7. The minimum atomic E-state index is -4.00.